The molecule has 0 atom stereocenters. The number of benzene rings is 9. The van der Waals surface area contributed by atoms with Crippen molar-refractivity contribution in [2.75, 3.05) is 0 Å². The molecule has 2 heteroatoms. The van der Waals surface area contributed by atoms with E-state index in [1.807, 2.05) is 0 Å². The predicted molar refractivity (Wildman–Crippen MR) is 205 cm³/mol. The molecule has 0 saturated carbocycles. The second-order valence-electron chi connectivity index (χ2n) is 12.9. The Morgan fingerprint density at radius 1 is 0.250 bits per heavy atom. The summed E-state index contributed by atoms with van der Waals surface area (Å²) in [5.74, 6) is 0. The number of aromatic nitrogens is 2. The number of fused-ring (bicyclic) bond motifs is 16. The molecule has 0 fully saturated rings. The lowest BCUT2D eigenvalue weighted by atomic mass is 9.89. The lowest BCUT2D eigenvalue weighted by Crippen LogP contribution is -1.96. The zero-order valence-electron chi connectivity index (χ0n) is 26.1. The van der Waals surface area contributed by atoms with Crippen molar-refractivity contribution in [3.63, 3.8) is 0 Å². The van der Waals surface area contributed by atoms with Gasteiger partial charge in [-0.05, 0) is 74.8 Å². The van der Waals surface area contributed by atoms with Gasteiger partial charge in [-0.2, -0.15) is 0 Å². The number of hydrogen-bond donors (Lipinski definition) is 0. The second kappa shape index (κ2) is 9.57. The van der Waals surface area contributed by atoms with Gasteiger partial charge in [-0.1, -0.05) is 127 Å². The van der Waals surface area contributed by atoms with Gasteiger partial charge in [0.05, 0.1) is 22.1 Å². The lowest BCUT2D eigenvalue weighted by Gasteiger charge is -2.17. The van der Waals surface area contributed by atoms with E-state index in [2.05, 4.69) is 179 Å². The maximum Gasteiger partial charge on any atom is 0.0632 e. The molecule has 2 nitrogen and oxygen atoms in total. The fourth-order valence-electron chi connectivity index (χ4n) is 8.55. The molecular formula is C46H28N2. The molecule has 0 aliphatic heterocycles. The average molecular weight is 609 g/mol. The van der Waals surface area contributed by atoms with Crippen LogP contribution in [0, 0.1) is 0 Å². The van der Waals surface area contributed by atoms with Crippen LogP contribution in [0.1, 0.15) is 0 Å². The first-order valence-corrected chi connectivity index (χ1v) is 16.6. The highest BCUT2D eigenvalue weighted by molar-refractivity contribution is 6.42. The SMILES string of the molecule is c1ccc(-n2c3ccccc3c3cc4c5c6ccccc6c6c7ccccc7c7ccccc7c6c5n(-c5ccccc5)c4cc32)cc1. The van der Waals surface area contributed by atoms with E-state index in [0.29, 0.717) is 0 Å². The Balaban J connectivity index is 1.48. The molecular weight excluding hydrogens is 581 g/mol. The number of hydrogen-bond acceptors (Lipinski definition) is 0. The molecule has 0 radical (unpaired) electrons. The summed E-state index contributed by atoms with van der Waals surface area (Å²) in [7, 11) is 0. The van der Waals surface area contributed by atoms with Gasteiger partial charge in [-0.3, -0.25) is 0 Å². The van der Waals surface area contributed by atoms with Crippen molar-refractivity contribution in [3.8, 4) is 11.4 Å². The van der Waals surface area contributed by atoms with E-state index in [1.165, 1.54) is 92.4 Å². The largest absolute Gasteiger partial charge is 0.309 e. The molecule has 222 valence electrons. The molecule has 0 N–H and O–H groups in total. The van der Waals surface area contributed by atoms with Gasteiger partial charge in [0.15, 0.2) is 0 Å². The summed E-state index contributed by atoms with van der Waals surface area (Å²) >= 11 is 0. The van der Waals surface area contributed by atoms with Crippen LogP contribution in [0.4, 0.5) is 0 Å². The van der Waals surface area contributed by atoms with Crippen molar-refractivity contribution in [1.82, 2.24) is 9.13 Å². The minimum absolute atomic E-state index is 1.16. The van der Waals surface area contributed by atoms with Crippen LogP contribution >= 0.6 is 0 Å². The highest BCUT2D eigenvalue weighted by Crippen LogP contribution is 2.48. The Kier molecular flexibility index (Phi) is 5.14. The standard InChI is InChI=1S/C46H28N2/c1-3-15-29(16-4-1)47-40-26-14-13-21-33(40)38-27-39-42(28-41(38)47)48(30-17-5-2-6-18-30)46-44(39)37-25-12-11-24-36(37)43-34-22-9-7-19-31(34)32-20-8-10-23-35(32)45(43)46/h1-28H. The summed E-state index contributed by atoms with van der Waals surface area (Å²) in [6, 6.07) is 62.4. The summed E-state index contributed by atoms with van der Waals surface area (Å²) in [6.07, 6.45) is 0. The van der Waals surface area contributed by atoms with Crippen LogP contribution in [0.15, 0.2) is 170 Å². The van der Waals surface area contributed by atoms with Crippen LogP contribution in [-0.4, -0.2) is 9.13 Å². The molecule has 9 aromatic carbocycles. The second-order valence-corrected chi connectivity index (χ2v) is 12.9. The molecule has 0 bridgehead atoms. The number of para-hydroxylation sites is 3. The summed E-state index contributed by atoms with van der Waals surface area (Å²) in [5, 5.41) is 15.5. The fraction of sp³-hybridized carbons (Fsp3) is 0. The minimum Gasteiger partial charge on any atom is -0.309 e. The van der Waals surface area contributed by atoms with E-state index in [4.69, 9.17) is 0 Å². The lowest BCUT2D eigenvalue weighted by molar-refractivity contribution is 1.17. The molecule has 48 heavy (non-hydrogen) atoms. The van der Waals surface area contributed by atoms with Gasteiger partial charge >= 0.3 is 0 Å². The first-order valence-electron chi connectivity index (χ1n) is 16.6. The smallest absolute Gasteiger partial charge is 0.0632 e. The van der Waals surface area contributed by atoms with Crippen molar-refractivity contribution in [3.05, 3.63) is 170 Å². The number of nitrogens with zero attached hydrogens (tertiary/aromatic N) is 2. The normalized spacial score (nSPS) is 12.2. The van der Waals surface area contributed by atoms with Crippen LogP contribution in [-0.2, 0) is 0 Å². The predicted octanol–water partition coefficient (Wildman–Crippen LogP) is 12.5. The molecule has 0 amide bonds. The summed E-state index contributed by atoms with van der Waals surface area (Å²) in [6.45, 7) is 0. The molecule has 0 aliphatic rings. The van der Waals surface area contributed by atoms with E-state index in [9.17, 15) is 0 Å². The highest BCUT2D eigenvalue weighted by Gasteiger charge is 2.24. The highest BCUT2D eigenvalue weighted by atomic mass is 15.0. The quantitative estimate of drug-likeness (QED) is 0.173. The Bertz CT molecular complexity index is 3090. The van der Waals surface area contributed by atoms with Crippen LogP contribution in [0.2, 0.25) is 0 Å². The van der Waals surface area contributed by atoms with E-state index in [0.717, 1.165) is 5.69 Å². The first kappa shape index (κ1) is 25.8. The monoisotopic (exact) mass is 608 g/mol. The topological polar surface area (TPSA) is 9.86 Å². The number of rotatable bonds is 2. The fourth-order valence-corrected chi connectivity index (χ4v) is 8.55. The summed E-state index contributed by atoms with van der Waals surface area (Å²) < 4.78 is 4.96. The van der Waals surface area contributed by atoms with Crippen molar-refractivity contribution in [1.29, 1.82) is 0 Å². The van der Waals surface area contributed by atoms with E-state index in [1.54, 1.807) is 0 Å². The van der Waals surface area contributed by atoms with Crippen LogP contribution in [0.25, 0.3) is 98.1 Å². The molecule has 11 rings (SSSR count). The van der Waals surface area contributed by atoms with Crippen molar-refractivity contribution in [2.24, 2.45) is 0 Å². The van der Waals surface area contributed by atoms with Gasteiger partial charge in [-0.25, -0.2) is 0 Å². The maximum atomic E-state index is 2.53. The maximum absolute atomic E-state index is 2.53. The van der Waals surface area contributed by atoms with Gasteiger partial charge in [0.25, 0.3) is 0 Å². The van der Waals surface area contributed by atoms with Crippen LogP contribution in [0.3, 0.4) is 0 Å². The molecule has 0 aliphatic carbocycles. The third-order valence-corrected chi connectivity index (χ3v) is 10.4. The Hall–Kier alpha value is -6.38. The first-order chi connectivity index (χ1) is 23.9. The molecule has 0 saturated heterocycles. The van der Waals surface area contributed by atoms with Gasteiger partial charge < -0.3 is 9.13 Å². The Morgan fingerprint density at radius 2 is 0.688 bits per heavy atom. The molecule has 0 unspecified atom stereocenters. The summed E-state index contributed by atoms with van der Waals surface area (Å²) in [4.78, 5) is 0. The van der Waals surface area contributed by atoms with Crippen LogP contribution < -0.4 is 0 Å². The summed E-state index contributed by atoms with van der Waals surface area (Å²) in [5.41, 5.74) is 7.22. The zero-order valence-corrected chi connectivity index (χ0v) is 26.1. The van der Waals surface area contributed by atoms with E-state index >= 15 is 0 Å². The van der Waals surface area contributed by atoms with E-state index in [-0.39, 0.29) is 0 Å². The zero-order chi connectivity index (χ0) is 31.3. The van der Waals surface area contributed by atoms with Crippen molar-refractivity contribution in [2.45, 2.75) is 0 Å². The third-order valence-electron chi connectivity index (χ3n) is 10.4. The van der Waals surface area contributed by atoms with Crippen molar-refractivity contribution < 1.29 is 0 Å². The van der Waals surface area contributed by atoms with Crippen LogP contribution in [0.5, 0.6) is 0 Å². The van der Waals surface area contributed by atoms with Gasteiger partial charge in [-0.15, -0.1) is 0 Å². The molecule has 2 aromatic heterocycles. The average Bonchev–Trinajstić information content (AvgIpc) is 3.67. The Labute approximate surface area is 276 Å². The molecule has 2 heterocycles. The van der Waals surface area contributed by atoms with Gasteiger partial charge in [0.2, 0.25) is 0 Å². The van der Waals surface area contributed by atoms with Crippen molar-refractivity contribution >= 4 is 86.7 Å². The molecule has 0 spiro atoms. The van der Waals surface area contributed by atoms with Gasteiger partial charge in [0, 0.05) is 43.7 Å². The van der Waals surface area contributed by atoms with Gasteiger partial charge in [0.1, 0.15) is 0 Å². The molecule has 11 aromatic rings. The Morgan fingerprint density at radius 3 is 1.31 bits per heavy atom. The van der Waals surface area contributed by atoms with E-state index < -0.39 is 0 Å². The minimum atomic E-state index is 1.16. The third kappa shape index (κ3) is 3.31.